The predicted octanol–water partition coefficient (Wildman–Crippen LogP) is 2.91. The monoisotopic (exact) mass is 244 g/mol. The first-order chi connectivity index (χ1) is 6.12. The largest absolute Gasteiger partial charge is 0.349 e. The van der Waals surface area contributed by atoms with Crippen molar-refractivity contribution in [2.24, 2.45) is 0 Å². The number of hydrogen-bond acceptors (Lipinski definition) is 2. The summed E-state index contributed by atoms with van der Waals surface area (Å²) in [6, 6.07) is 7.87. The number of ether oxygens (including phenoxy) is 2. The minimum atomic E-state index is -0.663. The highest BCUT2D eigenvalue weighted by Gasteiger charge is 2.25. The van der Waals surface area contributed by atoms with Gasteiger partial charge in [0.2, 0.25) is 0 Å². The third-order valence-electron chi connectivity index (χ3n) is 2.13. The van der Waals surface area contributed by atoms with Crippen LogP contribution >= 0.6 is 15.9 Å². The van der Waals surface area contributed by atoms with E-state index in [0.717, 1.165) is 10.0 Å². The van der Waals surface area contributed by atoms with Crippen LogP contribution in [-0.2, 0) is 15.3 Å². The van der Waals surface area contributed by atoms with E-state index in [1.807, 2.05) is 31.2 Å². The summed E-state index contributed by atoms with van der Waals surface area (Å²) in [7, 11) is 3.26. The van der Waals surface area contributed by atoms with Gasteiger partial charge in [-0.15, -0.1) is 0 Å². The average molecular weight is 245 g/mol. The van der Waals surface area contributed by atoms with Crippen molar-refractivity contribution in [3.8, 4) is 0 Å². The Morgan fingerprint density at radius 3 is 2.31 bits per heavy atom. The van der Waals surface area contributed by atoms with E-state index in [2.05, 4.69) is 15.9 Å². The molecule has 1 rings (SSSR count). The minimum absolute atomic E-state index is 0.663. The van der Waals surface area contributed by atoms with Crippen molar-refractivity contribution in [2.75, 3.05) is 14.2 Å². The van der Waals surface area contributed by atoms with Crippen molar-refractivity contribution in [1.29, 1.82) is 0 Å². The third-order valence-corrected chi connectivity index (χ3v) is 2.62. The van der Waals surface area contributed by atoms with Gasteiger partial charge in [-0.1, -0.05) is 28.1 Å². The Morgan fingerprint density at radius 2 is 1.85 bits per heavy atom. The lowest BCUT2D eigenvalue weighted by atomic mass is 10.1. The molecule has 1 aromatic rings. The molecule has 1 aromatic carbocycles. The number of hydrogen-bond donors (Lipinski definition) is 0. The van der Waals surface area contributed by atoms with Crippen molar-refractivity contribution >= 4 is 15.9 Å². The van der Waals surface area contributed by atoms with Crippen LogP contribution in [0.15, 0.2) is 28.7 Å². The molecule has 13 heavy (non-hydrogen) atoms. The second kappa shape index (κ2) is 4.22. The summed E-state index contributed by atoms with van der Waals surface area (Å²) in [4.78, 5) is 0. The second-order valence-corrected chi connectivity index (χ2v) is 3.78. The normalized spacial score (nSPS) is 11.7. The first kappa shape index (κ1) is 10.7. The Bertz CT molecular complexity index is 282. The predicted molar refractivity (Wildman–Crippen MR) is 55.5 cm³/mol. The van der Waals surface area contributed by atoms with Crippen molar-refractivity contribution < 1.29 is 9.47 Å². The summed E-state index contributed by atoms with van der Waals surface area (Å²) in [6.45, 7) is 1.88. The van der Waals surface area contributed by atoms with Crippen LogP contribution in [-0.4, -0.2) is 14.2 Å². The molecule has 0 aliphatic heterocycles. The van der Waals surface area contributed by atoms with Crippen molar-refractivity contribution in [3.05, 3.63) is 34.3 Å². The molecule has 0 saturated heterocycles. The molecular formula is C10H13BrO2. The summed E-state index contributed by atoms with van der Waals surface area (Å²) in [5.74, 6) is -0.663. The van der Waals surface area contributed by atoms with Crippen molar-refractivity contribution in [2.45, 2.75) is 12.7 Å². The van der Waals surface area contributed by atoms with E-state index in [1.54, 1.807) is 14.2 Å². The molecule has 0 unspecified atom stereocenters. The van der Waals surface area contributed by atoms with Gasteiger partial charge in [-0.25, -0.2) is 0 Å². The van der Waals surface area contributed by atoms with E-state index in [1.165, 1.54) is 0 Å². The van der Waals surface area contributed by atoms with E-state index in [9.17, 15) is 0 Å². The van der Waals surface area contributed by atoms with Gasteiger partial charge >= 0.3 is 0 Å². The highest BCUT2D eigenvalue weighted by Crippen LogP contribution is 2.27. The van der Waals surface area contributed by atoms with Gasteiger partial charge in [0.15, 0.2) is 5.79 Å². The molecule has 0 saturated carbocycles. The second-order valence-electron chi connectivity index (χ2n) is 2.86. The molecule has 0 aliphatic rings. The van der Waals surface area contributed by atoms with Crippen LogP contribution in [0.3, 0.4) is 0 Å². The summed E-state index contributed by atoms with van der Waals surface area (Å²) in [6.07, 6.45) is 0. The maximum Gasteiger partial charge on any atom is 0.191 e. The first-order valence-electron chi connectivity index (χ1n) is 3.99. The van der Waals surface area contributed by atoms with Gasteiger partial charge in [-0.05, 0) is 19.1 Å². The summed E-state index contributed by atoms with van der Waals surface area (Å²) >= 11 is 3.40. The Morgan fingerprint density at radius 1 is 1.23 bits per heavy atom. The lowest BCUT2D eigenvalue weighted by molar-refractivity contribution is -0.201. The quantitative estimate of drug-likeness (QED) is 0.762. The van der Waals surface area contributed by atoms with E-state index in [-0.39, 0.29) is 0 Å². The van der Waals surface area contributed by atoms with Crippen LogP contribution in [0.25, 0.3) is 0 Å². The van der Waals surface area contributed by atoms with E-state index >= 15 is 0 Å². The Labute approximate surface area is 87.0 Å². The number of rotatable bonds is 3. The van der Waals surface area contributed by atoms with Crippen LogP contribution in [0.5, 0.6) is 0 Å². The van der Waals surface area contributed by atoms with Crippen molar-refractivity contribution in [1.82, 2.24) is 0 Å². The van der Waals surface area contributed by atoms with E-state index in [4.69, 9.17) is 9.47 Å². The fourth-order valence-corrected chi connectivity index (χ4v) is 1.49. The average Bonchev–Trinajstić information content (AvgIpc) is 2.17. The van der Waals surface area contributed by atoms with Crippen LogP contribution in [0.2, 0.25) is 0 Å². The standard InChI is InChI=1S/C10H13BrO2/c1-10(12-2,13-3)8-5-4-6-9(11)7-8/h4-7H,1-3H3. The lowest BCUT2D eigenvalue weighted by Crippen LogP contribution is -2.26. The molecule has 0 atom stereocenters. The summed E-state index contributed by atoms with van der Waals surface area (Å²) in [5.41, 5.74) is 0.992. The van der Waals surface area contributed by atoms with Gasteiger partial charge < -0.3 is 9.47 Å². The Balaban J connectivity index is 3.05. The van der Waals surface area contributed by atoms with Crippen LogP contribution in [0.4, 0.5) is 0 Å². The molecule has 0 radical (unpaired) electrons. The Kier molecular flexibility index (Phi) is 3.47. The van der Waals surface area contributed by atoms with Gasteiger partial charge in [-0.2, -0.15) is 0 Å². The molecule has 0 N–H and O–H groups in total. The van der Waals surface area contributed by atoms with Gasteiger partial charge in [0.1, 0.15) is 0 Å². The van der Waals surface area contributed by atoms with Gasteiger partial charge in [0.25, 0.3) is 0 Å². The molecule has 3 heteroatoms. The number of halogens is 1. The summed E-state index contributed by atoms with van der Waals surface area (Å²) < 4.78 is 11.6. The molecule has 0 heterocycles. The van der Waals surface area contributed by atoms with Crippen LogP contribution in [0, 0.1) is 0 Å². The number of benzene rings is 1. The molecule has 0 amide bonds. The zero-order chi connectivity index (χ0) is 9.90. The molecule has 0 fully saturated rings. The molecule has 0 bridgehead atoms. The molecule has 72 valence electrons. The van der Waals surface area contributed by atoms with Gasteiger partial charge in [0, 0.05) is 24.3 Å². The van der Waals surface area contributed by atoms with Crippen LogP contribution < -0.4 is 0 Å². The molecule has 0 spiro atoms. The van der Waals surface area contributed by atoms with E-state index < -0.39 is 5.79 Å². The zero-order valence-electron chi connectivity index (χ0n) is 8.00. The number of methoxy groups -OCH3 is 2. The van der Waals surface area contributed by atoms with Crippen LogP contribution in [0.1, 0.15) is 12.5 Å². The highest BCUT2D eigenvalue weighted by atomic mass is 79.9. The highest BCUT2D eigenvalue weighted by molar-refractivity contribution is 9.10. The maximum absolute atomic E-state index is 5.28. The third kappa shape index (κ3) is 2.30. The van der Waals surface area contributed by atoms with Gasteiger partial charge in [-0.3, -0.25) is 0 Å². The molecule has 0 aromatic heterocycles. The SMILES string of the molecule is COC(C)(OC)c1cccc(Br)c1. The molecule has 0 aliphatic carbocycles. The van der Waals surface area contributed by atoms with Gasteiger partial charge in [0.05, 0.1) is 0 Å². The molecule has 2 nitrogen and oxygen atoms in total. The lowest BCUT2D eigenvalue weighted by Gasteiger charge is -2.26. The summed E-state index contributed by atoms with van der Waals surface area (Å²) in [5, 5.41) is 0. The minimum Gasteiger partial charge on any atom is -0.349 e. The maximum atomic E-state index is 5.28. The van der Waals surface area contributed by atoms with E-state index in [0.29, 0.717) is 0 Å². The smallest absolute Gasteiger partial charge is 0.191 e. The fraction of sp³-hybridized carbons (Fsp3) is 0.400. The first-order valence-corrected chi connectivity index (χ1v) is 4.78. The van der Waals surface area contributed by atoms with Crippen molar-refractivity contribution in [3.63, 3.8) is 0 Å². The topological polar surface area (TPSA) is 18.5 Å². The Hall–Kier alpha value is -0.380. The molecular weight excluding hydrogens is 232 g/mol. The fourth-order valence-electron chi connectivity index (χ4n) is 1.09. The zero-order valence-corrected chi connectivity index (χ0v) is 9.59.